The third-order valence-corrected chi connectivity index (χ3v) is 5.56. The Morgan fingerprint density at radius 2 is 2.04 bits per heavy atom. The highest BCUT2D eigenvalue weighted by Crippen LogP contribution is 2.45. The molecular weight excluding hydrogens is 318 g/mol. The zero-order chi connectivity index (χ0) is 17.6. The number of carbonyl (C=O) groups excluding carboxylic acids is 1. The minimum Gasteiger partial charge on any atom is -0.497 e. The normalized spacial score (nSPS) is 28.2. The minimum atomic E-state index is -0.963. The fourth-order valence-electron chi connectivity index (χ4n) is 4.46. The first-order valence-electron chi connectivity index (χ1n) is 8.69. The van der Waals surface area contributed by atoms with Crippen molar-refractivity contribution in [3.8, 4) is 5.75 Å². The number of carbonyl (C=O) groups is 1. The first-order chi connectivity index (χ1) is 12.0. The molecule has 2 saturated heterocycles. The molecule has 132 valence electrons. The van der Waals surface area contributed by atoms with E-state index in [-0.39, 0.29) is 18.0 Å². The maximum atomic E-state index is 13.1. The topological polar surface area (TPSA) is 67.6 Å². The molecule has 0 aliphatic carbocycles. The first kappa shape index (κ1) is 16.1. The van der Waals surface area contributed by atoms with Crippen LogP contribution in [0.1, 0.15) is 41.9 Å². The van der Waals surface area contributed by atoms with Gasteiger partial charge in [0.05, 0.1) is 7.11 Å². The van der Waals surface area contributed by atoms with Crippen molar-refractivity contribution in [3.63, 3.8) is 0 Å². The van der Waals surface area contributed by atoms with Gasteiger partial charge in [-0.15, -0.1) is 0 Å². The van der Waals surface area contributed by atoms with Gasteiger partial charge in [0, 0.05) is 49.9 Å². The lowest BCUT2D eigenvalue weighted by molar-refractivity contribution is -0.0555. The molecule has 1 N–H and O–H groups in total. The Morgan fingerprint density at radius 3 is 2.64 bits per heavy atom. The highest BCUT2D eigenvalue weighted by Gasteiger charge is 2.51. The van der Waals surface area contributed by atoms with E-state index in [1.807, 2.05) is 40.9 Å². The quantitative estimate of drug-likeness (QED) is 0.928. The molecule has 1 amide bonds. The van der Waals surface area contributed by atoms with E-state index in [0.29, 0.717) is 30.0 Å². The van der Waals surface area contributed by atoms with Crippen molar-refractivity contribution in [2.45, 2.75) is 43.4 Å². The number of piperidine rings is 1. The molecule has 0 spiro atoms. The van der Waals surface area contributed by atoms with Crippen LogP contribution >= 0.6 is 0 Å². The van der Waals surface area contributed by atoms with Crippen LogP contribution in [0.3, 0.4) is 0 Å². The highest BCUT2D eigenvalue weighted by atomic mass is 16.5. The predicted molar refractivity (Wildman–Crippen MR) is 92.3 cm³/mol. The van der Waals surface area contributed by atoms with E-state index >= 15 is 0 Å². The Kier molecular flexibility index (Phi) is 3.80. The summed E-state index contributed by atoms with van der Waals surface area (Å²) in [6.45, 7) is 0. The molecule has 0 radical (unpaired) electrons. The van der Waals surface area contributed by atoms with E-state index < -0.39 is 5.60 Å². The van der Waals surface area contributed by atoms with Gasteiger partial charge in [-0.2, -0.15) is 0 Å². The van der Waals surface area contributed by atoms with Crippen molar-refractivity contribution in [1.29, 1.82) is 0 Å². The van der Waals surface area contributed by atoms with Gasteiger partial charge in [-0.1, -0.05) is 6.07 Å². The summed E-state index contributed by atoms with van der Waals surface area (Å²) in [5.41, 5.74) is -0.325. The summed E-state index contributed by atoms with van der Waals surface area (Å²) in [4.78, 5) is 19.4. The Balaban J connectivity index is 1.60. The van der Waals surface area contributed by atoms with Gasteiger partial charge in [-0.25, -0.2) is 4.98 Å². The SMILES string of the molecule is COc1cccc(C(=O)N2[C@H]3CC[C@H]2CC(O)(c2nccn2C)C3)c1. The fraction of sp³-hybridized carbons (Fsp3) is 0.474. The number of rotatable bonds is 3. The predicted octanol–water partition coefficient (Wildman–Crippen LogP) is 2.08. The molecule has 0 unspecified atom stereocenters. The molecule has 4 rings (SSSR count). The molecule has 6 heteroatoms. The third-order valence-electron chi connectivity index (χ3n) is 5.56. The van der Waals surface area contributed by atoms with Crippen LogP contribution in [-0.2, 0) is 12.6 Å². The molecule has 0 saturated carbocycles. The van der Waals surface area contributed by atoms with E-state index in [9.17, 15) is 9.90 Å². The number of nitrogens with zero attached hydrogens (tertiary/aromatic N) is 3. The van der Waals surface area contributed by atoms with Crippen LogP contribution in [0.4, 0.5) is 0 Å². The van der Waals surface area contributed by atoms with Gasteiger partial charge < -0.3 is 19.3 Å². The number of fused-ring (bicyclic) bond motifs is 2. The monoisotopic (exact) mass is 341 g/mol. The van der Waals surface area contributed by atoms with Gasteiger partial charge >= 0.3 is 0 Å². The van der Waals surface area contributed by atoms with Crippen molar-refractivity contribution < 1.29 is 14.6 Å². The number of aryl methyl sites for hydroxylation is 1. The molecule has 2 fully saturated rings. The van der Waals surface area contributed by atoms with Gasteiger partial charge in [0.25, 0.3) is 5.91 Å². The molecule has 1 aromatic carbocycles. The number of methoxy groups -OCH3 is 1. The van der Waals surface area contributed by atoms with E-state index in [4.69, 9.17) is 4.74 Å². The second kappa shape index (κ2) is 5.88. The number of aromatic nitrogens is 2. The van der Waals surface area contributed by atoms with Crippen LogP contribution in [0.5, 0.6) is 5.75 Å². The molecule has 2 atom stereocenters. The molecule has 1 aromatic heterocycles. The number of imidazole rings is 1. The Labute approximate surface area is 147 Å². The smallest absolute Gasteiger partial charge is 0.254 e. The molecule has 2 aliphatic heterocycles. The summed E-state index contributed by atoms with van der Waals surface area (Å²) in [5, 5.41) is 11.2. The Morgan fingerprint density at radius 1 is 1.32 bits per heavy atom. The summed E-state index contributed by atoms with van der Waals surface area (Å²) in [6, 6.07) is 7.35. The van der Waals surface area contributed by atoms with Crippen LogP contribution < -0.4 is 4.74 Å². The van der Waals surface area contributed by atoms with Gasteiger partial charge in [0.15, 0.2) is 0 Å². The number of benzene rings is 1. The molecule has 2 aliphatic rings. The van der Waals surface area contributed by atoms with Crippen molar-refractivity contribution in [1.82, 2.24) is 14.5 Å². The maximum Gasteiger partial charge on any atom is 0.254 e. The lowest BCUT2D eigenvalue weighted by Crippen LogP contribution is -2.52. The minimum absolute atomic E-state index is 0.0216. The van der Waals surface area contributed by atoms with Gasteiger partial charge in [-0.05, 0) is 31.0 Å². The molecular formula is C19H23N3O3. The van der Waals surface area contributed by atoms with Crippen molar-refractivity contribution in [2.24, 2.45) is 7.05 Å². The maximum absolute atomic E-state index is 13.1. The number of ether oxygens (including phenoxy) is 1. The lowest BCUT2D eigenvalue weighted by atomic mass is 9.85. The fourth-order valence-corrected chi connectivity index (χ4v) is 4.46. The molecule has 2 aromatic rings. The highest BCUT2D eigenvalue weighted by molar-refractivity contribution is 5.95. The van der Waals surface area contributed by atoms with Crippen molar-refractivity contribution in [2.75, 3.05) is 7.11 Å². The first-order valence-corrected chi connectivity index (χ1v) is 8.69. The van der Waals surface area contributed by atoms with E-state index in [1.165, 1.54) is 0 Å². The van der Waals surface area contributed by atoms with Crippen molar-refractivity contribution >= 4 is 5.91 Å². The largest absolute Gasteiger partial charge is 0.497 e. The molecule has 2 bridgehead atoms. The standard InChI is InChI=1S/C19H23N3O3/c1-21-9-8-20-18(21)19(24)11-14-6-7-15(12-19)22(14)17(23)13-4-3-5-16(10-13)25-2/h3-5,8-10,14-15,24H,6-7,11-12H2,1-2H3/t14-,15-/m0/s1. The van der Waals surface area contributed by atoms with Crippen LogP contribution in [0.25, 0.3) is 0 Å². The average molecular weight is 341 g/mol. The van der Waals surface area contributed by atoms with Gasteiger partial charge in [-0.3, -0.25) is 4.79 Å². The van der Waals surface area contributed by atoms with E-state index in [0.717, 1.165) is 12.8 Å². The Hall–Kier alpha value is -2.34. The van der Waals surface area contributed by atoms with Crippen LogP contribution in [0.2, 0.25) is 0 Å². The van der Waals surface area contributed by atoms with E-state index in [2.05, 4.69) is 4.98 Å². The molecule has 3 heterocycles. The number of aliphatic hydroxyl groups is 1. The van der Waals surface area contributed by atoms with Gasteiger partial charge in [0.2, 0.25) is 0 Å². The van der Waals surface area contributed by atoms with Gasteiger partial charge in [0.1, 0.15) is 17.2 Å². The van der Waals surface area contributed by atoms with Crippen LogP contribution in [0.15, 0.2) is 36.7 Å². The number of hydrogen-bond donors (Lipinski definition) is 1. The summed E-state index contributed by atoms with van der Waals surface area (Å²) < 4.78 is 7.11. The summed E-state index contributed by atoms with van der Waals surface area (Å²) in [7, 11) is 3.50. The summed E-state index contributed by atoms with van der Waals surface area (Å²) in [6.07, 6.45) is 6.47. The summed E-state index contributed by atoms with van der Waals surface area (Å²) in [5.74, 6) is 1.39. The molecule has 6 nitrogen and oxygen atoms in total. The van der Waals surface area contributed by atoms with Crippen LogP contribution in [0, 0.1) is 0 Å². The number of hydrogen-bond acceptors (Lipinski definition) is 4. The zero-order valence-electron chi connectivity index (χ0n) is 14.6. The molecule has 25 heavy (non-hydrogen) atoms. The average Bonchev–Trinajstić information content (AvgIpc) is 3.17. The third kappa shape index (κ3) is 2.61. The second-order valence-corrected chi connectivity index (χ2v) is 7.13. The Bertz CT molecular complexity index is 787. The van der Waals surface area contributed by atoms with E-state index in [1.54, 1.807) is 19.4 Å². The lowest BCUT2D eigenvalue weighted by Gasteiger charge is -2.43. The zero-order valence-corrected chi connectivity index (χ0v) is 14.6. The summed E-state index contributed by atoms with van der Waals surface area (Å²) >= 11 is 0. The number of amides is 1. The van der Waals surface area contributed by atoms with Crippen LogP contribution in [-0.4, -0.2) is 44.7 Å². The van der Waals surface area contributed by atoms with Crippen molar-refractivity contribution in [3.05, 3.63) is 48.0 Å². The second-order valence-electron chi connectivity index (χ2n) is 7.13.